The minimum Gasteiger partial charge on any atom is -0.452 e. The molecule has 1 atom stereocenters. The van der Waals surface area contributed by atoms with Crippen LogP contribution >= 0.6 is 0 Å². The van der Waals surface area contributed by atoms with E-state index in [9.17, 15) is 19.2 Å². The van der Waals surface area contributed by atoms with Gasteiger partial charge in [0.25, 0.3) is 11.8 Å². The maximum absolute atomic E-state index is 13.5. The molecule has 3 aliphatic rings. The summed E-state index contributed by atoms with van der Waals surface area (Å²) in [5.74, 6) is -1.79. The predicted octanol–water partition coefficient (Wildman–Crippen LogP) is 3.20. The van der Waals surface area contributed by atoms with E-state index in [4.69, 9.17) is 9.47 Å². The Labute approximate surface area is 208 Å². The molecule has 0 aliphatic carbocycles. The molecule has 184 valence electrons. The third-order valence-electron chi connectivity index (χ3n) is 6.90. The van der Waals surface area contributed by atoms with E-state index in [0.29, 0.717) is 49.2 Å². The predicted molar refractivity (Wildman–Crippen MR) is 132 cm³/mol. The quantitative estimate of drug-likeness (QED) is 0.487. The van der Waals surface area contributed by atoms with Crippen molar-refractivity contribution in [2.24, 2.45) is 0 Å². The average Bonchev–Trinajstić information content (AvgIpc) is 3.31. The summed E-state index contributed by atoms with van der Waals surface area (Å²) in [5.41, 5.74) is 2.24. The van der Waals surface area contributed by atoms with E-state index in [0.717, 1.165) is 11.3 Å². The molecule has 0 bridgehead atoms. The third kappa shape index (κ3) is 3.88. The van der Waals surface area contributed by atoms with Gasteiger partial charge in [0, 0.05) is 41.9 Å². The van der Waals surface area contributed by atoms with Crippen LogP contribution in [0.5, 0.6) is 0 Å². The van der Waals surface area contributed by atoms with Gasteiger partial charge in [-0.1, -0.05) is 49.6 Å². The first-order valence-corrected chi connectivity index (χ1v) is 11.9. The zero-order valence-electron chi connectivity index (χ0n) is 19.8. The second-order valence-corrected chi connectivity index (χ2v) is 9.18. The number of rotatable bonds is 4. The average molecular weight is 487 g/mol. The molecule has 3 heterocycles. The van der Waals surface area contributed by atoms with Crippen molar-refractivity contribution in [1.82, 2.24) is 0 Å². The first kappa shape index (κ1) is 23.5. The first-order chi connectivity index (χ1) is 17.3. The molecular weight excluding hydrogens is 460 g/mol. The number of hydrogen-bond acceptors (Lipinski definition) is 6. The maximum Gasteiger partial charge on any atom is 0.335 e. The van der Waals surface area contributed by atoms with Crippen LogP contribution in [0.2, 0.25) is 0 Å². The number of carbonyl (C=O) groups excluding carboxylic acids is 4. The summed E-state index contributed by atoms with van der Waals surface area (Å²) in [4.78, 5) is 54.1. The molecule has 2 aromatic carbocycles. The zero-order chi connectivity index (χ0) is 25.4. The smallest absolute Gasteiger partial charge is 0.335 e. The van der Waals surface area contributed by atoms with Crippen molar-refractivity contribution < 1.29 is 28.7 Å². The van der Waals surface area contributed by atoms with Gasteiger partial charge in [-0.3, -0.25) is 9.59 Å². The lowest BCUT2D eigenvalue weighted by Crippen LogP contribution is -2.42. The Morgan fingerprint density at radius 1 is 0.806 bits per heavy atom. The molecule has 2 aromatic rings. The summed E-state index contributed by atoms with van der Waals surface area (Å²) in [6.45, 7) is 7.75. The number of para-hydroxylation sites is 2. The fraction of sp³-hybridized carbons (Fsp3) is 0.286. The Morgan fingerprint density at radius 3 is 2.25 bits per heavy atom. The molecule has 0 saturated carbocycles. The van der Waals surface area contributed by atoms with Crippen LogP contribution in [0.25, 0.3) is 0 Å². The van der Waals surface area contributed by atoms with Gasteiger partial charge in [0.15, 0.2) is 6.61 Å². The minimum atomic E-state index is -1.37. The summed E-state index contributed by atoms with van der Waals surface area (Å²) in [6.07, 6.45) is 1.55. The van der Waals surface area contributed by atoms with Crippen LogP contribution in [0.1, 0.15) is 30.4 Å². The Balaban J connectivity index is 1.37. The van der Waals surface area contributed by atoms with Gasteiger partial charge in [-0.25, -0.2) is 9.59 Å². The highest BCUT2D eigenvalue weighted by atomic mass is 16.6. The number of fused-ring (bicyclic) bond motifs is 3. The summed E-state index contributed by atoms with van der Waals surface area (Å²) in [7, 11) is 0. The maximum atomic E-state index is 13.5. The molecule has 8 heteroatoms. The van der Waals surface area contributed by atoms with Crippen LogP contribution in [-0.4, -0.2) is 43.4 Å². The van der Waals surface area contributed by atoms with Crippen LogP contribution in [0, 0.1) is 0 Å². The van der Waals surface area contributed by atoms with Crippen LogP contribution in [0.15, 0.2) is 72.8 Å². The molecule has 8 nitrogen and oxygen atoms in total. The van der Waals surface area contributed by atoms with E-state index in [-0.39, 0.29) is 23.8 Å². The second kappa shape index (κ2) is 9.11. The Kier molecular flexibility index (Phi) is 5.96. The summed E-state index contributed by atoms with van der Waals surface area (Å²) in [5, 5.41) is 0. The molecule has 5 rings (SSSR count). The molecule has 1 fully saturated rings. The molecule has 1 saturated heterocycles. The van der Waals surface area contributed by atoms with Crippen LogP contribution in [0.4, 0.5) is 11.4 Å². The zero-order valence-corrected chi connectivity index (χ0v) is 19.8. The number of anilines is 2. The van der Waals surface area contributed by atoms with E-state index < -0.39 is 24.1 Å². The second-order valence-electron chi connectivity index (χ2n) is 9.18. The Hall–Kier alpha value is -4.20. The van der Waals surface area contributed by atoms with Gasteiger partial charge < -0.3 is 19.3 Å². The molecule has 0 N–H and O–H groups in total. The number of esters is 2. The van der Waals surface area contributed by atoms with Crippen LogP contribution < -0.4 is 9.80 Å². The molecular formula is C28H26N2O6. The van der Waals surface area contributed by atoms with Crippen molar-refractivity contribution in [2.75, 3.05) is 29.5 Å². The molecule has 0 radical (unpaired) electrons. The summed E-state index contributed by atoms with van der Waals surface area (Å²) < 4.78 is 10.7. The van der Waals surface area contributed by atoms with E-state index in [1.807, 2.05) is 42.5 Å². The van der Waals surface area contributed by atoms with Crippen molar-refractivity contribution >= 4 is 35.1 Å². The summed E-state index contributed by atoms with van der Waals surface area (Å²) in [6, 6.07) is 14.8. The molecule has 2 amide bonds. The first-order valence-electron chi connectivity index (χ1n) is 11.9. The normalized spacial score (nSPS) is 22.0. The molecule has 1 spiro atoms. The van der Waals surface area contributed by atoms with Crippen molar-refractivity contribution in [2.45, 2.75) is 31.3 Å². The third-order valence-corrected chi connectivity index (χ3v) is 6.90. The Bertz CT molecular complexity index is 1300. The van der Waals surface area contributed by atoms with Crippen molar-refractivity contribution in [1.29, 1.82) is 0 Å². The largest absolute Gasteiger partial charge is 0.452 e. The van der Waals surface area contributed by atoms with Crippen LogP contribution in [0.3, 0.4) is 0 Å². The fourth-order valence-corrected chi connectivity index (χ4v) is 5.07. The van der Waals surface area contributed by atoms with Gasteiger partial charge in [0.2, 0.25) is 5.60 Å². The number of ether oxygens (including phenoxy) is 2. The van der Waals surface area contributed by atoms with E-state index in [1.54, 1.807) is 15.9 Å². The van der Waals surface area contributed by atoms with Crippen molar-refractivity contribution in [3.63, 3.8) is 0 Å². The number of benzene rings is 2. The lowest BCUT2D eigenvalue weighted by molar-refractivity contribution is -0.156. The van der Waals surface area contributed by atoms with Crippen molar-refractivity contribution in [3.8, 4) is 0 Å². The lowest BCUT2D eigenvalue weighted by atomic mass is 9.91. The van der Waals surface area contributed by atoms with E-state index in [1.165, 1.54) is 0 Å². The molecule has 1 unspecified atom stereocenters. The van der Waals surface area contributed by atoms with Gasteiger partial charge in [-0.15, -0.1) is 0 Å². The highest BCUT2D eigenvalue weighted by molar-refractivity contribution is 6.11. The highest BCUT2D eigenvalue weighted by Crippen LogP contribution is 2.49. The molecule has 0 aromatic heterocycles. The summed E-state index contributed by atoms with van der Waals surface area (Å²) >= 11 is 0. The number of cyclic esters (lactones) is 1. The SMILES string of the molecule is C=C1CCc2ccccc2N(CCCN2C(=O)C3(CC(=C)C(=O)O3)c3ccccc32)C(=O)COC1=O. The van der Waals surface area contributed by atoms with Gasteiger partial charge in [0.1, 0.15) is 0 Å². The van der Waals surface area contributed by atoms with Gasteiger partial charge in [-0.2, -0.15) is 0 Å². The van der Waals surface area contributed by atoms with Gasteiger partial charge >= 0.3 is 11.9 Å². The number of hydrogen-bond donors (Lipinski definition) is 0. The van der Waals surface area contributed by atoms with Crippen molar-refractivity contribution in [3.05, 3.63) is 84.0 Å². The number of amides is 2. The van der Waals surface area contributed by atoms with E-state index >= 15 is 0 Å². The van der Waals surface area contributed by atoms with E-state index in [2.05, 4.69) is 13.2 Å². The highest BCUT2D eigenvalue weighted by Gasteiger charge is 2.58. The number of carbonyl (C=O) groups is 4. The lowest BCUT2D eigenvalue weighted by Gasteiger charge is -2.28. The topological polar surface area (TPSA) is 93.2 Å². The monoisotopic (exact) mass is 486 g/mol. The number of aryl methyl sites for hydroxylation is 1. The van der Waals surface area contributed by atoms with Crippen LogP contribution in [-0.2, 0) is 40.7 Å². The van der Waals surface area contributed by atoms with Gasteiger partial charge in [0.05, 0.1) is 5.69 Å². The molecule has 36 heavy (non-hydrogen) atoms. The van der Waals surface area contributed by atoms with Gasteiger partial charge in [-0.05, 0) is 37.0 Å². The number of nitrogens with zero attached hydrogens (tertiary/aromatic N) is 2. The standard InChI is InChI=1S/C28H26N2O6/c1-18-12-13-20-8-3-5-10-22(20)29(24(31)17-35-25(18)32)14-7-15-30-23-11-6-4-9-21(23)28(27(30)34)16-19(2)26(33)36-28/h3-6,8-11H,1-2,7,12-17H2. The fourth-order valence-electron chi connectivity index (χ4n) is 5.07. The molecule has 3 aliphatic heterocycles. The Morgan fingerprint density at radius 2 is 1.50 bits per heavy atom. The minimum absolute atomic E-state index is 0.118.